The van der Waals surface area contributed by atoms with E-state index in [1.165, 1.54) is 25.1 Å². The highest BCUT2D eigenvalue weighted by Gasteiger charge is 2.16. The van der Waals surface area contributed by atoms with Crippen LogP contribution in [0, 0.1) is 17.5 Å². The average molecular weight is 426 g/mol. The fourth-order valence-corrected chi connectivity index (χ4v) is 3.32. The predicted octanol–water partition coefficient (Wildman–Crippen LogP) is 6.56. The van der Waals surface area contributed by atoms with E-state index < -0.39 is 23.6 Å². The van der Waals surface area contributed by atoms with Crippen LogP contribution < -0.4 is 4.74 Å². The molecule has 1 atom stereocenters. The van der Waals surface area contributed by atoms with E-state index in [2.05, 4.69) is 6.58 Å². The molecule has 0 radical (unpaired) electrons. The fraction of sp³-hybridized carbons (Fsp3) is 0.231. The van der Waals surface area contributed by atoms with Crippen molar-refractivity contribution in [1.29, 1.82) is 0 Å². The molecular formula is C26H25F3O2. The summed E-state index contributed by atoms with van der Waals surface area (Å²) in [6.45, 7) is 5.32. The molecule has 0 heterocycles. The van der Waals surface area contributed by atoms with Crippen molar-refractivity contribution in [3.05, 3.63) is 101 Å². The van der Waals surface area contributed by atoms with Crippen LogP contribution in [0.5, 0.6) is 5.75 Å². The van der Waals surface area contributed by atoms with Gasteiger partial charge in [0.1, 0.15) is 5.82 Å². The van der Waals surface area contributed by atoms with E-state index in [-0.39, 0.29) is 23.5 Å². The average Bonchev–Trinajstić information content (AvgIpc) is 2.76. The molecule has 3 aromatic carbocycles. The molecule has 5 heteroatoms. The Morgan fingerprint density at radius 3 is 2.26 bits per heavy atom. The van der Waals surface area contributed by atoms with Crippen molar-refractivity contribution in [1.82, 2.24) is 0 Å². The van der Waals surface area contributed by atoms with E-state index in [0.29, 0.717) is 24.8 Å². The molecular weight excluding hydrogens is 401 g/mol. The molecule has 162 valence electrons. The first-order valence-electron chi connectivity index (χ1n) is 10.2. The van der Waals surface area contributed by atoms with Gasteiger partial charge in [0, 0.05) is 11.1 Å². The molecule has 3 aromatic rings. The van der Waals surface area contributed by atoms with Crippen LogP contribution in [0.25, 0.3) is 11.1 Å². The van der Waals surface area contributed by atoms with Gasteiger partial charge in [-0.2, -0.15) is 4.39 Å². The summed E-state index contributed by atoms with van der Waals surface area (Å²) in [6.07, 6.45) is 2.63. The molecule has 0 aliphatic carbocycles. The number of aliphatic hydroxyl groups is 1. The molecule has 0 aliphatic rings. The van der Waals surface area contributed by atoms with Gasteiger partial charge in [0.15, 0.2) is 11.6 Å². The Hall–Kier alpha value is -3.05. The van der Waals surface area contributed by atoms with Crippen LogP contribution in [-0.4, -0.2) is 11.7 Å². The van der Waals surface area contributed by atoms with Crippen molar-refractivity contribution in [2.75, 3.05) is 6.61 Å². The third-order valence-corrected chi connectivity index (χ3v) is 5.11. The number of benzene rings is 3. The first-order chi connectivity index (χ1) is 14.9. The second kappa shape index (κ2) is 10.3. The van der Waals surface area contributed by atoms with Crippen molar-refractivity contribution in [3.8, 4) is 16.9 Å². The Morgan fingerprint density at radius 2 is 1.61 bits per heavy atom. The number of ether oxygens (including phenoxy) is 1. The fourth-order valence-electron chi connectivity index (χ4n) is 3.32. The van der Waals surface area contributed by atoms with Gasteiger partial charge in [0.25, 0.3) is 0 Å². The van der Waals surface area contributed by atoms with Crippen LogP contribution in [0.2, 0.25) is 0 Å². The predicted molar refractivity (Wildman–Crippen MR) is 117 cm³/mol. The third-order valence-electron chi connectivity index (χ3n) is 5.11. The summed E-state index contributed by atoms with van der Waals surface area (Å²) in [7, 11) is 0. The number of hydrogen-bond donors (Lipinski definition) is 1. The van der Waals surface area contributed by atoms with Crippen molar-refractivity contribution >= 4 is 0 Å². The summed E-state index contributed by atoms with van der Waals surface area (Å²) < 4.78 is 48.1. The Labute approximate surface area is 180 Å². The van der Waals surface area contributed by atoms with E-state index in [9.17, 15) is 18.3 Å². The molecule has 31 heavy (non-hydrogen) atoms. The summed E-state index contributed by atoms with van der Waals surface area (Å²) in [4.78, 5) is 0. The number of halogens is 3. The molecule has 0 bridgehead atoms. The van der Waals surface area contributed by atoms with Gasteiger partial charge in [0.2, 0.25) is 5.82 Å². The van der Waals surface area contributed by atoms with Gasteiger partial charge in [-0.15, -0.1) is 6.58 Å². The monoisotopic (exact) mass is 426 g/mol. The molecule has 0 aliphatic heterocycles. The van der Waals surface area contributed by atoms with Crippen LogP contribution in [0.15, 0.2) is 67.3 Å². The van der Waals surface area contributed by atoms with E-state index >= 15 is 0 Å². The van der Waals surface area contributed by atoms with Gasteiger partial charge < -0.3 is 9.84 Å². The van der Waals surface area contributed by atoms with Crippen LogP contribution in [0.3, 0.4) is 0 Å². The molecule has 3 rings (SSSR count). The number of rotatable bonds is 9. The maximum Gasteiger partial charge on any atom is 0.201 e. The minimum absolute atomic E-state index is 0.117. The molecule has 1 unspecified atom stereocenters. The molecule has 2 nitrogen and oxygen atoms in total. The van der Waals surface area contributed by atoms with E-state index in [1.54, 1.807) is 30.3 Å². The molecule has 0 spiro atoms. The Bertz CT molecular complexity index is 1040. The van der Waals surface area contributed by atoms with Gasteiger partial charge in [0.05, 0.1) is 12.7 Å². The van der Waals surface area contributed by atoms with E-state index in [0.717, 1.165) is 11.1 Å². The Balaban J connectivity index is 1.68. The zero-order valence-corrected chi connectivity index (χ0v) is 17.4. The van der Waals surface area contributed by atoms with Crippen molar-refractivity contribution in [3.63, 3.8) is 0 Å². The van der Waals surface area contributed by atoms with Crippen LogP contribution in [0.1, 0.15) is 36.1 Å². The van der Waals surface area contributed by atoms with Crippen molar-refractivity contribution < 1.29 is 23.0 Å². The lowest BCUT2D eigenvalue weighted by atomic mass is 9.99. The van der Waals surface area contributed by atoms with E-state index in [4.69, 9.17) is 4.74 Å². The highest BCUT2D eigenvalue weighted by atomic mass is 19.2. The second-order valence-electron chi connectivity index (χ2n) is 7.39. The summed E-state index contributed by atoms with van der Waals surface area (Å²) in [6, 6.07) is 14.9. The van der Waals surface area contributed by atoms with Crippen LogP contribution in [0.4, 0.5) is 13.2 Å². The minimum Gasteiger partial charge on any atom is -0.490 e. The van der Waals surface area contributed by atoms with E-state index in [1.807, 2.05) is 12.1 Å². The maximum atomic E-state index is 14.5. The maximum absolute atomic E-state index is 14.5. The normalized spacial score (nSPS) is 11.9. The third kappa shape index (κ3) is 5.56. The Morgan fingerprint density at radius 1 is 0.935 bits per heavy atom. The minimum atomic E-state index is -1.01. The summed E-state index contributed by atoms with van der Waals surface area (Å²) in [5.74, 6) is -2.49. The highest BCUT2D eigenvalue weighted by Crippen LogP contribution is 2.30. The lowest BCUT2D eigenvalue weighted by molar-refractivity contribution is 0.194. The quantitative estimate of drug-likeness (QED) is 0.310. The van der Waals surface area contributed by atoms with Crippen LogP contribution in [-0.2, 0) is 12.8 Å². The smallest absolute Gasteiger partial charge is 0.201 e. The van der Waals surface area contributed by atoms with Gasteiger partial charge >= 0.3 is 0 Å². The first-order valence-corrected chi connectivity index (χ1v) is 10.2. The van der Waals surface area contributed by atoms with Gasteiger partial charge in [-0.05, 0) is 61.1 Å². The number of hydrogen-bond acceptors (Lipinski definition) is 2. The molecule has 0 amide bonds. The van der Waals surface area contributed by atoms with Gasteiger partial charge in [-0.25, -0.2) is 8.78 Å². The number of aliphatic hydroxyl groups excluding tert-OH is 1. The SMILES string of the molecule is C=CCCOc1ccc(-c2ccc(CCc3ccc(C(C)O)c(F)c3)cc2)c(F)c1F. The largest absolute Gasteiger partial charge is 0.490 e. The topological polar surface area (TPSA) is 29.5 Å². The number of aryl methyl sites for hydroxylation is 2. The molecule has 0 saturated heterocycles. The van der Waals surface area contributed by atoms with Gasteiger partial charge in [-0.3, -0.25) is 0 Å². The lowest BCUT2D eigenvalue weighted by Gasteiger charge is -2.11. The Kier molecular flexibility index (Phi) is 7.53. The molecule has 0 aromatic heterocycles. The summed E-state index contributed by atoms with van der Waals surface area (Å²) in [5.41, 5.74) is 2.82. The highest BCUT2D eigenvalue weighted by molar-refractivity contribution is 5.65. The van der Waals surface area contributed by atoms with Crippen LogP contribution >= 0.6 is 0 Å². The zero-order valence-electron chi connectivity index (χ0n) is 17.4. The summed E-state index contributed by atoms with van der Waals surface area (Å²) in [5, 5.41) is 9.52. The lowest BCUT2D eigenvalue weighted by Crippen LogP contribution is -2.01. The van der Waals surface area contributed by atoms with Gasteiger partial charge in [-0.1, -0.05) is 42.5 Å². The molecule has 0 saturated carbocycles. The molecule has 1 N–H and O–H groups in total. The molecule has 0 fully saturated rings. The first kappa shape index (κ1) is 22.6. The summed E-state index contributed by atoms with van der Waals surface area (Å²) >= 11 is 0. The van der Waals surface area contributed by atoms with Crippen molar-refractivity contribution in [2.24, 2.45) is 0 Å². The standard InChI is InChI=1S/C26H25F3O2/c1-3-4-15-31-24-14-13-22(25(28)26(24)29)20-10-7-18(8-11-20)5-6-19-9-12-21(17(2)30)23(27)16-19/h3,7-14,16-17,30H,1,4-6,15H2,2H3. The van der Waals surface area contributed by atoms with Crippen molar-refractivity contribution in [2.45, 2.75) is 32.3 Å². The second-order valence-corrected chi connectivity index (χ2v) is 7.39. The zero-order chi connectivity index (χ0) is 22.4.